The van der Waals surface area contributed by atoms with Crippen LogP contribution in [0.15, 0.2) is 54.6 Å². The molecule has 2 aromatic rings. The number of thioether (sulfide) groups is 1. The molecule has 24 heavy (non-hydrogen) atoms. The molecule has 1 atom stereocenters. The molecule has 124 valence electrons. The summed E-state index contributed by atoms with van der Waals surface area (Å²) in [5.41, 5.74) is 2.64. The van der Waals surface area contributed by atoms with Crippen LogP contribution in [0.25, 0.3) is 0 Å². The van der Waals surface area contributed by atoms with Crippen molar-refractivity contribution in [2.75, 3.05) is 29.7 Å². The van der Waals surface area contributed by atoms with Gasteiger partial charge in [0.25, 0.3) is 0 Å². The number of nitrogens with one attached hydrogen (secondary N) is 1. The van der Waals surface area contributed by atoms with Gasteiger partial charge in [-0.2, -0.15) is 0 Å². The maximum atomic E-state index is 12.3. The second kappa shape index (κ2) is 7.51. The highest BCUT2D eigenvalue weighted by Gasteiger charge is 2.33. The fourth-order valence-corrected chi connectivity index (χ4v) is 3.78. The van der Waals surface area contributed by atoms with Crippen LogP contribution < -0.4 is 10.2 Å². The number of rotatable bonds is 5. The number of amides is 2. The van der Waals surface area contributed by atoms with E-state index in [9.17, 15) is 9.59 Å². The topological polar surface area (TPSA) is 58.6 Å². The number of hydrogen-bond donors (Lipinski definition) is 1. The molecule has 0 aromatic heterocycles. The van der Waals surface area contributed by atoms with E-state index >= 15 is 0 Å². The van der Waals surface area contributed by atoms with Crippen molar-refractivity contribution in [1.82, 2.24) is 0 Å². The molecule has 0 saturated carbocycles. The Bertz CT molecular complexity index is 719. The SMILES string of the molecule is COCC(=O)Nc1ccc([C@H]2SCC(=O)N2c2ccccc2)cc1. The Morgan fingerprint density at radius 3 is 2.58 bits per heavy atom. The van der Waals surface area contributed by atoms with Crippen LogP contribution in [0.4, 0.5) is 11.4 Å². The maximum Gasteiger partial charge on any atom is 0.250 e. The Labute approximate surface area is 145 Å². The van der Waals surface area contributed by atoms with Crippen LogP contribution in [-0.2, 0) is 14.3 Å². The molecule has 0 unspecified atom stereocenters. The molecule has 0 radical (unpaired) electrons. The zero-order valence-corrected chi connectivity index (χ0v) is 14.1. The van der Waals surface area contributed by atoms with Crippen molar-refractivity contribution in [3.05, 3.63) is 60.2 Å². The van der Waals surface area contributed by atoms with Crippen molar-refractivity contribution in [3.8, 4) is 0 Å². The summed E-state index contributed by atoms with van der Waals surface area (Å²) in [6, 6.07) is 17.2. The van der Waals surface area contributed by atoms with Crippen molar-refractivity contribution in [1.29, 1.82) is 0 Å². The lowest BCUT2D eigenvalue weighted by molar-refractivity contribution is -0.119. The van der Waals surface area contributed by atoms with Crippen molar-refractivity contribution in [3.63, 3.8) is 0 Å². The predicted molar refractivity (Wildman–Crippen MR) is 96.1 cm³/mol. The van der Waals surface area contributed by atoms with E-state index in [1.165, 1.54) is 7.11 Å². The molecule has 1 N–H and O–H groups in total. The van der Waals surface area contributed by atoms with E-state index in [2.05, 4.69) is 5.32 Å². The number of ether oxygens (including phenoxy) is 1. The quantitative estimate of drug-likeness (QED) is 0.907. The predicted octanol–water partition coefficient (Wildman–Crippen LogP) is 3.05. The highest BCUT2D eigenvalue weighted by molar-refractivity contribution is 8.00. The third kappa shape index (κ3) is 3.60. The highest BCUT2D eigenvalue weighted by Crippen LogP contribution is 2.41. The lowest BCUT2D eigenvalue weighted by Crippen LogP contribution is -2.27. The Balaban J connectivity index is 1.78. The molecule has 2 amide bonds. The molecule has 1 saturated heterocycles. The summed E-state index contributed by atoms with van der Waals surface area (Å²) in [7, 11) is 1.48. The van der Waals surface area contributed by atoms with Gasteiger partial charge < -0.3 is 10.1 Å². The largest absolute Gasteiger partial charge is 0.375 e. The zero-order valence-electron chi connectivity index (χ0n) is 13.3. The van der Waals surface area contributed by atoms with Gasteiger partial charge in [-0.15, -0.1) is 11.8 Å². The number of carbonyl (C=O) groups is 2. The molecule has 6 heteroatoms. The number of methoxy groups -OCH3 is 1. The van der Waals surface area contributed by atoms with Gasteiger partial charge >= 0.3 is 0 Å². The van der Waals surface area contributed by atoms with E-state index in [-0.39, 0.29) is 23.8 Å². The molecule has 1 heterocycles. The monoisotopic (exact) mass is 342 g/mol. The van der Waals surface area contributed by atoms with E-state index in [4.69, 9.17) is 4.74 Å². The van der Waals surface area contributed by atoms with Gasteiger partial charge in [0, 0.05) is 18.5 Å². The molecular formula is C18H18N2O3S. The van der Waals surface area contributed by atoms with E-state index in [1.807, 2.05) is 59.5 Å². The molecule has 0 bridgehead atoms. The Morgan fingerprint density at radius 2 is 1.92 bits per heavy atom. The molecule has 3 rings (SSSR count). The Hall–Kier alpha value is -2.31. The summed E-state index contributed by atoms with van der Waals surface area (Å²) in [6.45, 7) is 0.0243. The number of benzene rings is 2. The fraction of sp³-hybridized carbons (Fsp3) is 0.222. The third-order valence-corrected chi connectivity index (χ3v) is 4.87. The third-order valence-electron chi connectivity index (χ3n) is 3.66. The first kappa shape index (κ1) is 16.5. The van der Waals surface area contributed by atoms with Crippen molar-refractivity contribution in [2.24, 2.45) is 0 Å². The first-order valence-corrected chi connectivity index (χ1v) is 8.61. The summed E-state index contributed by atoms with van der Waals surface area (Å²) in [5.74, 6) is 0.376. The Morgan fingerprint density at radius 1 is 1.21 bits per heavy atom. The van der Waals surface area contributed by atoms with Crippen LogP contribution in [0.1, 0.15) is 10.9 Å². The number of carbonyl (C=O) groups excluding carboxylic acids is 2. The first-order chi connectivity index (χ1) is 11.7. The van der Waals surface area contributed by atoms with Gasteiger partial charge in [0.2, 0.25) is 11.8 Å². The van der Waals surface area contributed by atoms with Gasteiger partial charge in [-0.1, -0.05) is 30.3 Å². The van der Waals surface area contributed by atoms with E-state index < -0.39 is 0 Å². The van der Waals surface area contributed by atoms with Gasteiger partial charge in [0.15, 0.2) is 0 Å². The van der Waals surface area contributed by atoms with Crippen LogP contribution in [-0.4, -0.2) is 31.3 Å². The molecule has 1 aliphatic heterocycles. The zero-order chi connectivity index (χ0) is 16.9. The van der Waals surface area contributed by atoms with Crippen LogP contribution in [0.5, 0.6) is 0 Å². The highest BCUT2D eigenvalue weighted by atomic mass is 32.2. The van der Waals surface area contributed by atoms with Crippen LogP contribution in [0.2, 0.25) is 0 Å². The maximum absolute atomic E-state index is 12.3. The summed E-state index contributed by atoms with van der Waals surface area (Å²) in [4.78, 5) is 25.6. The molecule has 1 fully saturated rings. The average molecular weight is 342 g/mol. The van der Waals surface area contributed by atoms with E-state index in [1.54, 1.807) is 11.8 Å². The Kier molecular flexibility index (Phi) is 5.17. The lowest BCUT2D eigenvalue weighted by Gasteiger charge is -2.24. The van der Waals surface area contributed by atoms with Gasteiger partial charge in [-0.3, -0.25) is 14.5 Å². The second-order valence-corrected chi connectivity index (χ2v) is 6.43. The molecule has 5 nitrogen and oxygen atoms in total. The normalized spacial score (nSPS) is 17.1. The van der Waals surface area contributed by atoms with Gasteiger partial charge in [-0.25, -0.2) is 0 Å². The van der Waals surface area contributed by atoms with Crippen molar-refractivity contribution >= 4 is 35.0 Å². The number of nitrogens with zero attached hydrogens (tertiary/aromatic N) is 1. The minimum Gasteiger partial charge on any atom is -0.375 e. The average Bonchev–Trinajstić information content (AvgIpc) is 2.98. The van der Waals surface area contributed by atoms with Gasteiger partial charge in [0.1, 0.15) is 12.0 Å². The van der Waals surface area contributed by atoms with Crippen molar-refractivity contribution < 1.29 is 14.3 Å². The van der Waals surface area contributed by atoms with Crippen LogP contribution in [0.3, 0.4) is 0 Å². The standard InChI is InChI=1S/C18H18N2O3S/c1-23-11-16(21)19-14-9-7-13(8-10-14)18-20(17(22)12-24-18)15-5-3-2-4-6-15/h2-10,18H,11-12H2,1H3,(H,19,21)/t18-/m1/s1. The second-order valence-electron chi connectivity index (χ2n) is 5.37. The number of para-hydroxylation sites is 1. The molecule has 0 spiro atoms. The minimum absolute atomic E-state index is 0.0243. The lowest BCUT2D eigenvalue weighted by atomic mass is 10.1. The molecular weight excluding hydrogens is 324 g/mol. The van der Waals surface area contributed by atoms with E-state index in [0.717, 1.165) is 11.3 Å². The summed E-state index contributed by atoms with van der Waals surface area (Å²) in [5, 5.41) is 2.71. The number of anilines is 2. The number of hydrogen-bond acceptors (Lipinski definition) is 4. The van der Waals surface area contributed by atoms with E-state index in [0.29, 0.717) is 11.4 Å². The summed E-state index contributed by atoms with van der Waals surface area (Å²) >= 11 is 1.60. The summed E-state index contributed by atoms with van der Waals surface area (Å²) in [6.07, 6.45) is 0. The molecule has 0 aliphatic carbocycles. The molecule has 2 aromatic carbocycles. The summed E-state index contributed by atoms with van der Waals surface area (Å²) < 4.78 is 4.80. The molecule has 1 aliphatic rings. The smallest absolute Gasteiger partial charge is 0.250 e. The minimum atomic E-state index is -0.193. The first-order valence-electron chi connectivity index (χ1n) is 7.56. The van der Waals surface area contributed by atoms with Crippen LogP contribution in [0, 0.1) is 0 Å². The van der Waals surface area contributed by atoms with Gasteiger partial charge in [0.05, 0.1) is 5.75 Å². The van der Waals surface area contributed by atoms with Crippen molar-refractivity contribution in [2.45, 2.75) is 5.37 Å². The fourth-order valence-electron chi connectivity index (χ4n) is 2.60. The van der Waals surface area contributed by atoms with Gasteiger partial charge in [-0.05, 0) is 29.8 Å². The van der Waals surface area contributed by atoms with Crippen LogP contribution >= 0.6 is 11.8 Å².